The maximum atomic E-state index is 3.51. The Kier molecular flexibility index (Phi) is 6.06. The molecule has 17 heavy (non-hydrogen) atoms. The predicted molar refractivity (Wildman–Crippen MR) is 76.8 cm³/mol. The second-order valence-corrected chi connectivity index (χ2v) is 4.71. The van der Waals surface area contributed by atoms with E-state index in [0.29, 0.717) is 6.04 Å². The van der Waals surface area contributed by atoms with Crippen LogP contribution in [0.5, 0.6) is 0 Å². The fourth-order valence-electron chi connectivity index (χ4n) is 1.99. The van der Waals surface area contributed by atoms with Crippen molar-refractivity contribution in [3.05, 3.63) is 29.8 Å². The van der Waals surface area contributed by atoms with Gasteiger partial charge in [-0.2, -0.15) is 0 Å². The maximum Gasteiger partial charge on any atom is 0.0408 e. The molecule has 0 radical (unpaired) electrons. The SMILES string of the molecule is CCCNCC(CC)N(C)c1ccc(C)cc1. The minimum Gasteiger partial charge on any atom is -0.370 e. The number of likely N-dealkylation sites (N-methyl/N-ethyl adjacent to an activating group) is 1. The van der Waals surface area contributed by atoms with Crippen LogP contribution in [0.25, 0.3) is 0 Å². The molecule has 96 valence electrons. The van der Waals surface area contributed by atoms with Crippen molar-refractivity contribution in [2.45, 2.75) is 39.7 Å². The molecule has 0 spiro atoms. The van der Waals surface area contributed by atoms with Gasteiger partial charge >= 0.3 is 0 Å². The zero-order chi connectivity index (χ0) is 12.7. The van der Waals surface area contributed by atoms with Crippen molar-refractivity contribution in [1.29, 1.82) is 0 Å². The average molecular weight is 234 g/mol. The third-order valence-corrected chi connectivity index (χ3v) is 3.27. The molecule has 0 fully saturated rings. The van der Waals surface area contributed by atoms with Crippen LogP contribution in [0.3, 0.4) is 0 Å². The van der Waals surface area contributed by atoms with Crippen LogP contribution in [0.1, 0.15) is 32.3 Å². The van der Waals surface area contributed by atoms with Crippen LogP contribution in [-0.4, -0.2) is 26.2 Å². The fraction of sp³-hybridized carbons (Fsp3) is 0.600. The van der Waals surface area contributed by atoms with Crippen molar-refractivity contribution in [3.8, 4) is 0 Å². The van der Waals surface area contributed by atoms with Crippen molar-refractivity contribution in [2.75, 3.05) is 25.0 Å². The Hall–Kier alpha value is -1.02. The molecule has 0 aliphatic carbocycles. The molecule has 1 rings (SSSR count). The number of nitrogens with one attached hydrogen (secondary N) is 1. The van der Waals surface area contributed by atoms with Gasteiger partial charge in [0, 0.05) is 25.3 Å². The Morgan fingerprint density at radius 3 is 2.35 bits per heavy atom. The molecule has 1 unspecified atom stereocenters. The first-order valence-electron chi connectivity index (χ1n) is 6.69. The number of aryl methyl sites for hydroxylation is 1. The van der Waals surface area contributed by atoms with Gasteiger partial charge in [-0.15, -0.1) is 0 Å². The zero-order valence-corrected chi connectivity index (χ0v) is 11.7. The normalized spacial score (nSPS) is 12.5. The molecule has 0 aromatic heterocycles. The van der Waals surface area contributed by atoms with E-state index in [1.165, 1.54) is 24.1 Å². The van der Waals surface area contributed by atoms with Crippen LogP contribution in [-0.2, 0) is 0 Å². The van der Waals surface area contributed by atoms with Crippen molar-refractivity contribution in [2.24, 2.45) is 0 Å². The lowest BCUT2D eigenvalue weighted by atomic mass is 10.1. The molecule has 2 heteroatoms. The topological polar surface area (TPSA) is 15.3 Å². The molecule has 0 amide bonds. The summed E-state index contributed by atoms with van der Waals surface area (Å²) in [6.45, 7) is 8.76. The quantitative estimate of drug-likeness (QED) is 0.729. The van der Waals surface area contributed by atoms with Gasteiger partial charge in [0.1, 0.15) is 0 Å². The van der Waals surface area contributed by atoms with Gasteiger partial charge in [-0.25, -0.2) is 0 Å². The molecule has 0 saturated heterocycles. The second-order valence-electron chi connectivity index (χ2n) is 4.71. The van der Waals surface area contributed by atoms with Crippen LogP contribution in [0.2, 0.25) is 0 Å². The first-order valence-corrected chi connectivity index (χ1v) is 6.69. The molecule has 0 saturated carbocycles. The Morgan fingerprint density at radius 2 is 1.82 bits per heavy atom. The van der Waals surface area contributed by atoms with Crippen molar-refractivity contribution in [1.82, 2.24) is 5.32 Å². The van der Waals surface area contributed by atoms with Crippen LogP contribution in [0.4, 0.5) is 5.69 Å². The molecule has 1 atom stereocenters. The molecular formula is C15H26N2. The van der Waals surface area contributed by atoms with Gasteiger partial charge in [0.2, 0.25) is 0 Å². The van der Waals surface area contributed by atoms with Gasteiger partial charge in [0.05, 0.1) is 0 Å². The number of hydrogen-bond acceptors (Lipinski definition) is 2. The van der Waals surface area contributed by atoms with E-state index in [4.69, 9.17) is 0 Å². The van der Waals surface area contributed by atoms with E-state index in [1.54, 1.807) is 0 Å². The largest absolute Gasteiger partial charge is 0.370 e. The smallest absolute Gasteiger partial charge is 0.0408 e. The van der Waals surface area contributed by atoms with E-state index in [1.807, 2.05) is 0 Å². The Morgan fingerprint density at radius 1 is 1.18 bits per heavy atom. The van der Waals surface area contributed by atoms with Gasteiger partial charge in [-0.05, 0) is 38.4 Å². The number of hydrogen-bond donors (Lipinski definition) is 1. The van der Waals surface area contributed by atoms with E-state index < -0.39 is 0 Å². The lowest BCUT2D eigenvalue weighted by Crippen LogP contribution is -2.40. The van der Waals surface area contributed by atoms with Gasteiger partial charge in [-0.1, -0.05) is 31.5 Å². The molecular weight excluding hydrogens is 208 g/mol. The standard InChI is InChI=1S/C15H26N2/c1-5-11-16-12-14(6-2)17(4)15-9-7-13(3)8-10-15/h7-10,14,16H,5-6,11-12H2,1-4H3. The predicted octanol–water partition coefficient (Wildman–Crippen LogP) is 3.21. The first-order chi connectivity index (χ1) is 8.19. The summed E-state index contributed by atoms with van der Waals surface area (Å²) in [5, 5.41) is 3.51. The summed E-state index contributed by atoms with van der Waals surface area (Å²) in [5.41, 5.74) is 2.63. The van der Waals surface area contributed by atoms with E-state index in [9.17, 15) is 0 Å². The molecule has 0 bridgehead atoms. The highest BCUT2D eigenvalue weighted by molar-refractivity contribution is 5.47. The third kappa shape index (κ3) is 4.39. The van der Waals surface area contributed by atoms with Gasteiger partial charge in [0.25, 0.3) is 0 Å². The average Bonchev–Trinajstić information content (AvgIpc) is 2.35. The van der Waals surface area contributed by atoms with Crippen molar-refractivity contribution >= 4 is 5.69 Å². The van der Waals surface area contributed by atoms with Gasteiger partial charge < -0.3 is 10.2 Å². The summed E-state index contributed by atoms with van der Waals surface area (Å²) in [6.07, 6.45) is 2.37. The lowest BCUT2D eigenvalue weighted by molar-refractivity contribution is 0.539. The first kappa shape index (κ1) is 14.0. The van der Waals surface area contributed by atoms with Crippen molar-refractivity contribution in [3.63, 3.8) is 0 Å². The van der Waals surface area contributed by atoms with E-state index in [0.717, 1.165) is 13.1 Å². The highest BCUT2D eigenvalue weighted by Crippen LogP contribution is 2.17. The number of benzene rings is 1. The molecule has 1 aromatic rings. The monoisotopic (exact) mass is 234 g/mol. The molecule has 0 heterocycles. The zero-order valence-electron chi connectivity index (χ0n) is 11.7. The highest BCUT2D eigenvalue weighted by atomic mass is 15.2. The summed E-state index contributed by atoms with van der Waals surface area (Å²) < 4.78 is 0. The second kappa shape index (κ2) is 7.33. The Labute approximate surface area is 106 Å². The summed E-state index contributed by atoms with van der Waals surface area (Å²) in [6, 6.07) is 9.34. The molecule has 1 aromatic carbocycles. The fourth-order valence-corrected chi connectivity index (χ4v) is 1.99. The van der Waals surface area contributed by atoms with Crippen LogP contribution < -0.4 is 10.2 Å². The Balaban J connectivity index is 2.58. The van der Waals surface area contributed by atoms with E-state index in [2.05, 4.69) is 62.3 Å². The summed E-state index contributed by atoms with van der Waals surface area (Å²) in [7, 11) is 2.19. The van der Waals surface area contributed by atoms with Gasteiger partial charge in [-0.3, -0.25) is 0 Å². The molecule has 0 aliphatic heterocycles. The Bertz CT molecular complexity index is 305. The van der Waals surface area contributed by atoms with E-state index >= 15 is 0 Å². The number of rotatable bonds is 7. The third-order valence-electron chi connectivity index (χ3n) is 3.27. The van der Waals surface area contributed by atoms with Crippen molar-refractivity contribution < 1.29 is 0 Å². The lowest BCUT2D eigenvalue weighted by Gasteiger charge is -2.29. The minimum absolute atomic E-state index is 0.573. The summed E-state index contributed by atoms with van der Waals surface area (Å²) in [5.74, 6) is 0. The van der Waals surface area contributed by atoms with Crippen LogP contribution in [0, 0.1) is 6.92 Å². The number of nitrogens with zero attached hydrogens (tertiary/aromatic N) is 1. The number of anilines is 1. The molecule has 0 aliphatic rings. The van der Waals surface area contributed by atoms with Gasteiger partial charge in [0.15, 0.2) is 0 Å². The van der Waals surface area contributed by atoms with E-state index in [-0.39, 0.29) is 0 Å². The minimum atomic E-state index is 0.573. The van der Waals surface area contributed by atoms with Crippen LogP contribution in [0.15, 0.2) is 24.3 Å². The summed E-state index contributed by atoms with van der Waals surface area (Å²) >= 11 is 0. The molecule has 1 N–H and O–H groups in total. The summed E-state index contributed by atoms with van der Waals surface area (Å²) in [4.78, 5) is 2.38. The highest BCUT2D eigenvalue weighted by Gasteiger charge is 2.12. The van der Waals surface area contributed by atoms with Crippen LogP contribution >= 0.6 is 0 Å². The molecule has 2 nitrogen and oxygen atoms in total. The maximum absolute atomic E-state index is 3.51.